The van der Waals surface area contributed by atoms with Crippen LogP contribution >= 0.6 is 0 Å². The average Bonchev–Trinajstić information content (AvgIpc) is 2.75. The predicted octanol–water partition coefficient (Wildman–Crippen LogP) is 4.92. The zero-order valence-electron chi connectivity index (χ0n) is 15.7. The molecule has 0 bridgehead atoms. The van der Waals surface area contributed by atoms with Crippen LogP contribution in [0.3, 0.4) is 0 Å². The van der Waals surface area contributed by atoms with Crippen molar-refractivity contribution in [3.05, 3.63) is 95.6 Å². The first-order chi connectivity index (χ1) is 14.9. The van der Waals surface area contributed by atoms with Crippen LogP contribution in [0, 0.1) is 17.5 Å². The molecule has 6 nitrogen and oxygen atoms in total. The molecule has 0 saturated carbocycles. The van der Waals surface area contributed by atoms with Gasteiger partial charge in [-0.1, -0.05) is 0 Å². The summed E-state index contributed by atoms with van der Waals surface area (Å²) in [6.45, 7) is 0. The number of carbonyl (C=O) groups is 2. The van der Waals surface area contributed by atoms with E-state index in [4.69, 9.17) is 0 Å². The highest BCUT2D eigenvalue weighted by Crippen LogP contribution is 2.20. The van der Waals surface area contributed by atoms with E-state index < -0.39 is 29.3 Å². The Hall–Kier alpha value is -4.27. The van der Waals surface area contributed by atoms with Crippen molar-refractivity contribution >= 4 is 34.2 Å². The predicted molar refractivity (Wildman–Crippen MR) is 108 cm³/mol. The number of nitrogens with zero attached hydrogens (tertiary/aromatic N) is 2. The minimum absolute atomic E-state index is 0.00127. The number of aromatic nitrogens is 2. The zero-order valence-corrected chi connectivity index (χ0v) is 15.7. The van der Waals surface area contributed by atoms with Crippen LogP contribution in [0.2, 0.25) is 0 Å². The van der Waals surface area contributed by atoms with E-state index >= 15 is 0 Å². The van der Waals surface area contributed by atoms with E-state index in [1.807, 2.05) is 0 Å². The molecule has 1 heterocycles. The first-order valence-corrected chi connectivity index (χ1v) is 8.98. The SMILES string of the molecule is O=C(Nc1cc(F)cc(C(=O)c2ccc3nccnc3c2)c1)Nc1ccc(F)c(F)c1. The Balaban J connectivity index is 1.55. The summed E-state index contributed by atoms with van der Waals surface area (Å²) in [5.74, 6) is -3.40. The van der Waals surface area contributed by atoms with Gasteiger partial charge in [0.05, 0.1) is 11.0 Å². The maximum absolute atomic E-state index is 14.1. The number of urea groups is 1. The summed E-state index contributed by atoms with van der Waals surface area (Å²) < 4.78 is 40.4. The van der Waals surface area contributed by atoms with E-state index in [0.717, 1.165) is 24.3 Å². The second-order valence-electron chi connectivity index (χ2n) is 6.53. The molecule has 0 saturated heterocycles. The van der Waals surface area contributed by atoms with E-state index in [1.165, 1.54) is 24.5 Å². The number of benzene rings is 3. The summed E-state index contributed by atoms with van der Waals surface area (Å²) in [6, 6.07) is 10.1. The first-order valence-electron chi connectivity index (χ1n) is 8.98. The molecule has 1 aromatic heterocycles. The summed E-state index contributed by atoms with van der Waals surface area (Å²) in [6.07, 6.45) is 3.02. The fourth-order valence-electron chi connectivity index (χ4n) is 2.93. The van der Waals surface area contributed by atoms with Gasteiger partial charge in [0, 0.05) is 41.0 Å². The number of ketones is 1. The van der Waals surface area contributed by atoms with E-state index in [1.54, 1.807) is 18.2 Å². The third-order valence-electron chi connectivity index (χ3n) is 4.33. The van der Waals surface area contributed by atoms with Gasteiger partial charge in [0.15, 0.2) is 17.4 Å². The Labute approximate surface area is 173 Å². The molecule has 9 heteroatoms. The van der Waals surface area contributed by atoms with Crippen LogP contribution in [0.5, 0.6) is 0 Å². The normalized spacial score (nSPS) is 10.7. The van der Waals surface area contributed by atoms with Gasteiger partial charge in [0.25, 0.3) is 0 Å². The van der Waals surface area contributed by atoms with Crippen molar-refractivity contribution < 1.29 is 22.8 Å². The molecule has 3 aromatic carbocycles. The molecular weight excluding hydrogens is 409 g/mol. The maximum Gasteiger partial charge on any atom is 0.323 e. The molecule has 4 rings (SSSR count). The molecule has 31 heavy (non-hydrogen) atoms. The fourth-order valence-corrected chi connectivity index (χ4v) is 2.93. The maximum atomic E-state index is 14.1. The molecule has 0 spiro atoms. The van der Waals surface area contributed by atoms with Gasteiger partial charge < -0.3 is 10.6 Å². The van der Waals surface area contributed by atoms with Crippen molar-refractivity contribution in [2.24, 2.45) is 0 Å². The number of amides is 2. The standard InChI is InChI=1S/C22H13F3N4O2/c23-14-7-13(21(30)12-1-4-19-20(9-12)27-6-5-26-19)8-16(10-14)29-22(31)28-15-2-3-17(24)18(25)11-15/h1-11H,(H2,28,29,31). The molecule has 2 amide bonds. The molecule has 0 radical (unpaired) electrons. The monoisotopic (exact) mass is 422 g/mol. The molecule has 154 valence electrons. The average molecular weight is 422 g/mol. The van der Waals surface area contributed by atoms with Gasteiger partial charge in [-0.15, -0.1) is 0 Å². The van der Waals surface area contributed by atoms with E-state index in [-0.39, 0.29) is 22.5 Å². The number of halogens is 3. The number of hydrogen-bond acceptors (Lipinski definition) is 4. The molecule has 0 atom stereocenters. The van der Waals surface area contributed by atoms with Crippen molar-refractivity contribution in [3.8, 4) is 0 Å². The lowest BCUT2D eigenvalue weighted by Crippen LogP contribution is -2.20. The highest BCUT2D eigenvalue weighted by molar-refractivity contribution is 6.11. The molecule has 0 aliphatic rings. The van der Waals surface area contributed by atoms with Crippen LogP contribution < -0.4 is 10.6 Å². The number of nitrogens with one attached hydrogen (secondary N) is 2. The number of hydrogen-bond donors (Lipinski definition) is 2. The Morgan fingerprint density at radius 3 is 2.19 bits per heavy atom. The van der Waals surface area contributed by atoms with E-state index in [0.29, 0.717) is 11.0 Å². The van der Waals surface area contributed by atoms with E-state index in [9.17, 15) is 22.8 Å². The first kappa shape index (κ1) is 20.0. The van der Waals surface area contributed by atoms with Crippen LogP contribution in [-0.2, 0) is 0 Å². The van der Waals surface area contributed by atoms with Crippen LogP contribution in [0.1, 0.15) is 15.9 Å². The van der Waals surface area contributed by atoms with Gasteiger partial charge in [0.1, 0.15) is 5.82 Å². The highest BCUT2D eigenvalue weighted by atomic mass is 19.2. The van der Waals surface area contributed by atoms with Gasteiger partial charge in [-0.05, 0) is 48.5 Å². The highest BCUT2D eigenvalue weighted by Gasteiger charge is 2.14. The zero-order chi connectivity index (χ0) is 22.0. The van der Waals surface area contributed by atoms with E-state index in [2.05, 4.69) is 20.6 Å². The molecule has 4 aromatic rings. The third-order valence-corrected chi connectivity index (χ3v) is 4.33. The number of fused-ring (bicyclic) bond motifs is 1. The Morgan fingerprint density at radius 2 is 1.42 bits per heavy atom. The molecule has 0 unspecified atom stereocenters. The summed E-state index contributed by atoms with van der Waals surface area (Å²) in [7, 11) is 0. The minimum atomic E-state index is -1.13. The molecule has 0 aliphatic carbocycles. The largest absolute Gasteiger partial charge is 0.323 e. The van der Waals surface area contributed by atoms with Crippen LogP contribution in [0.25, 0.3) is 11.0 Å². The summed E-state index contributed by atoms with van der Waals surface area (Å²) >= 11 is 0. The summed E-state index contributed by atoms with van der Waals surface area (Å²) in [4.78, 5) is 33.2. The second kappa shape index (κ2) is 8.23. The Kier molecular flexibility index (Phi) is 5.31. The molecule has 2 N–H and O–H groups in total. The second-order valence-corrected chi connectivity index (χ2v) is 6.53. The number of carbonyl (C=O) groups excluding carboxylic acids is 2. The third kappa shape index (κ3) is 4.50. The Bertz CT molecular complexity index is 1330. The van der Waals surface area contributed by atoms with Gasteiger partial charge >= 0.3 is 6.03 Å². The summed E-state index contributed by atoms with van der Waals surface area (Å²) in [5, 5.41) is 4.66. The van der Waals surface area contributed by atoms with Gasteiger partial charge in [-0.25, -0.2) is 18.0 Å². The van der Waals surface area contributed by atoms with Crippen molar-refractivity contribution in [3.63, 3.8) is 0 Å². The van der Waals surface area contributed by atoms with Crippen LogP contribution in [0.15, 0.2) is 67.0 Å². The lowest BCUT2D eigenvalue weighted by molar-refractivity contribution is 0.103. The lowest BCUT2D eigenvalue weighted by atomic mass is 10.0. The van der Waals surface area contributed by atoms with Crippen molar-refractivity contribution in [1.29, 1.82) is 0 Å². The van der Waals surface area contributed by atoms with Gasteiger partial charge in [-0.2, -0.15) is 0 Å². The lowest BCUT2D eigenvalue weighted by Gasteiger charge is -2.10. The van der Waals surface area contributed by atoms with Gasteiger partial charge in [0.2, 0.25) is 0 Å². The topological polar surface area (TPSA) is 84.0 Å². The van der Waals surface area contributed by atoms with Crippen LogP contribution in [0.4, 0.5) is 29.3 Å². The smallest absolute Gasteiger partial charge is 0.308 e. The number of anilines is 2. The minimum Gasteiger partial charge on any atom is -0.308 e. The molecule has 0 fully saturated rings. The van der Waals surface area contributed by atoms with Crippen molar-refractivity contribution in [2.75, 3.05) is 10.6 Å². The Morgan fingerprint density at radius 1 is 0.677 bits per heavy atom. The van der Waals surface area contributed by atoms with Gasteiger partial charge in [-0.3, -0.25) is 14.8 Å². The van der Waals surface area contributed by atoms with Crippen LogP contribution in [-0.4, -0.2) is 21.8 Å². The summed E-state index contributed by atoms with van der Waals surface area (Å²) in [5.41, 5.74) is 1.40. The van der Waals surface area contributed by atoms with Crippen molar-refractivity contribution in [2.45, 2.75) is 0 Å². The van der Waals surface area contributed by atoms with Crippen molar-refractivity contribution in [1.82, 2.24) is 9.97 Å². The quantitative estimate of drug-likeness (QED) is 0.457. The fraction of sp³-hybridized carbons (Fsp3) is 0. The molecular formula is C22H13F3N4O2. The number of rotatable bonds is 4. The molecule has 0 aliphatic heterocycles.